The minimum absolute atomic E-state index is 0.411. The first-order chi connectivity index (χ1) is 8.36. The van der Waals surface area contributed by atoms with Gasteiger partial charge in [-0.25, -0.2) is 0 Å². The van der Waals surface area contributed by atoms with E-state index in [4.69, 9.17) is 0 Å². The summed E-state index contributed by atoms with van der Waals surface area (Å²) in [6.07, 6.45) is 2.41. The zero-order valence-corrected chi connectivity index (χ0v) is 11.0. The second kappa shape index (κ2) is 4.63. The maximum Gasteiger partial charge on any atom is 0.107 e. The van der Waals surface area contributed by atoms with Crippen LogP contribution in [0.5, 0.6) is 0 Å². The smallest absolute Gasteiger partial charge is 0.107 e. The van der Waals surface area contributed by atoms with Crippen LogP contribution in [0.3, 0.4) is 0 Å². The molecule has 1 aliphatic heterocycles. The molecule has 2 aromatic rings. The van der Waals surface area contributed by atoms with Gasteiger partial charge in [0, 0.05) is 5.56 Å². The van der Waals surface area contributed by atoms with Gasteiger partial charge in [-0.15, -0.1) is 0 Å². The van der Waals surface area contributed by atoms with E-state index in [2.05, 4.69) is 43.6 Å². The first-order valence-electron chi connectivity index (χ1n) is 5.89. The zero-order chi connectivity index (χ0) is 11.7. The largest absolute Gasteiger partial charge is 0.309 e. The normalized spacial score (nSPS) is 19.7. The maximum atomic E-state index is 4.42. The van der Waals surface area contributed by atoms with E-state index in [9.17, 15) is 0 Å². The van der Waals surface area contributed by atoms with Crippen molar-refractivity contribution in [1.82, 2.24) is 15.5 Å². The highest BCUT2D eigenvalue weighted by Gasteiger charge is 2.22. The van der Waals surface area contributed by atoms with Crippen LogP contribution in [-0.4, -0.2) is 16.7 Å². The molecule has 2 heterocycles. The molecular weight excluding hydrogens is 278 g/mol. The molecule has 0 radical (unpaired) electrons. The lowest BCUT2D eigenvalue weighted by molar-refractivity contribution is 0.623. The van der Waals surface area contributed by atoms with Gasteiger partial charge in [0.05, 0.1) is 16.2 Å². The van der Waals surface area contributed by atoms with E-state index >= 15 is 0 Å². The van der Waals surface area contributed by atoms with E-state index in [0.717, 1.165) is 22.3 Å². The van der Waals surface area contributed by atoms with Crippen LogP contribution >= 0.6 is 15.9 Å². The molecule has 1 aromatic carbocycles. The summed E-state index contributed by atoms with van der Waals surface area (Å²) in [5.74, 6) is 0. The quantitative estimate of drug-likeness (QED) is 0.892. The first-order valence-corrected chi connectivity index (χ1v) is 6.68. The first kappa shape index (κ1) is 11.0. The van der Waals surface area contributed by atoms with Crippen LogP contribution in [0.15, 0.2) is 34.8 Å². The summed E-state index contributed by atoms with van der Waals surface area (Å²) in [6.45, 7) is 1.09. The fourth-order valence-electron chi connectivity index (χ4n) is 2.29. The minimum Gasteiger partial charge on any atom is -0.309 e. The third kappa shape index (κ3) is 2.03. The molecule has 88 valence electrons. The summed E-state index contributed by atoms with van der Waals surface area (Å²) >= 11 is 3.66. The van der Waals surface area contributed by atoms with Gasteiger partial charge in [-0.2, -0.15) is 5.10 Å². The fourth-order valence-corrected chi connectivity index (χ4v) is 2.97. The van der Waals surface area contributed by atoms with Crippen LogP contribution in [0, 0.1) is 0 Å². The number of hydrogen-bond acceptors (Lipinski definition) is 2. The average molecular weight is 292 g/mol. The Hall–Kier alpha value is -1.13. The second-order valence-corrected chi connectivity index (χ2v) is 5.11. The summed E-state index contributed by atoms with van der Waals surface area (Å²) in [5, 5.41) is 11.1. The lowest BCUT2D eigenvalue weighted by Crippen LogP contribution is -2.13. The summed E-state index contributed by atoms with van der Waals surface area (Å²) < 4.78 is 1.09. The maximum absolute atomic E-state index is 4.42. The van der Waals surface area contributed by atoms with Crippen LogP contribution in [0.25, 0.3) is 11.3 Å². The average Bonchev–Trinajstić information content (AvgIpc) is 2.99. The molecule has 1 unspecified atom stereocenters. The molecule has 0 bridgehead atoms. The van der Waals surface area contributed by atoms with Crippen molar-refractivity contribution in [3.63, 3.8) is 0 Å². The van der Waals surface area contributed by atoms with E-state index in [0.29, 0.717) is 6.04 Å². The van der Waals surface area contributed by atoms with Crippen LogP contribution in [0.2, 0.25) is 0 Å². The Morgan fingerprint density at radius 3 is 2.76 bits per heavy atom. The van der Waals surface area contributed by atoms with Crippen LogP contribution in [-0.2, 0) is 0 Å². The summed E-state index contributed by atoms with van der Waals surface area (Å²) in [7, 11) is 0. The number of H-pyrrole nitrogens is 1. The number of rotatable bonds is 2. The van der Waals surface area contributed by atoms with Gasteiger partial charge in [-0.3, -0.25) is 5.10 Å². The van der Waals surface area contributed by atoms with E-state index in [1.165, 1.54) is 18.5 Å². The van der Waals surface area contributed by atoms with Gasteiger partial charge in [-0.1, -0.05) is 30.3 Å². The molecule has 2 N–H and O–H groups in total. The van der Waals surface area contributed by atoms with Gasteiger partial charge >= 0.3 is 0 Å². The van der Waals surface area contributed by atoms with Gasteiger partial charge in [0.1, 0.15) is 5.69 Å². The Morgan fingerprint density at radius 2 is 2.06 bits per heavy atom. The number of halogens is 1. The Bertz CT molecular complexity index is 501. The van der Waals surface area contributed by atoms with Gasteiger partial charge in [0.15, 0.2) is 0 Å². The van der Waals surface area contributed by atoms with E-state index in [1.807, 2.05) is 18.2 Å². The van der Waals surface area contributed by atoms with Gasteiger partial charge in [0.2, 0.25) is 0 Å². The number of aromatic amines is 1. The summed E-state index contributed by atoms with van der Waals surface area (Å²) in [5.41, 5.74) is 3.30. The third-order valence-electron chi connectivity index (χ3n) is 3.19. The predicted molar refractivity (Wildman–Crippen MR) is 71.7 cm³/mol. The van der Waals surface area contributed by atoms with Crippen molar-refractivity contribution in [2.75, 3.05) is 6.54 Å². The molecule has 0 aliphatic carbocycles. The summed E-state index contributed by atoms with van der Waals surface area (Å²) in [4.78, 5) is 0. The molecular formula is C13H14BrN3. The van der Waals surface area contributed by atoms with E-state index in [1.54, 1.807) is 0 Å². The number of nitrogens with one attached hydrogen (secondary N) is 2. The Kier molecular flexibility index (Phi) is 2.99. The van der Waals surface area contributed by atoms with Crippen molar-refractivity contribution >= 4 is 15.9 Å². The number of hydrogen-bond donors (Lipinski definition) is 2. The molecule has 1 fully saturated rings. The van der Waals surface area contributed by atoms with E-state index in [-0.39, 0.29) is 0 Å². The molecule has 0 amide bonds. The van der Waals surface area contributed by atoms with Crippen molar-refractivity contribution in [1.29, 1.82) is 0 Å². The Balaban J connectivity index is 1.97. The number of aromatic nitrogens is 2. The fraction of sp³-hybridized carbons (Fsp3) is 0.308. The molecule has 1 aliphatic rings. The molecule has 0 spiro atoms. The summed E-state index contributed by atoms with van der Waals surface area (Å²) in [6, 6.07) is 10.6. The van der Waals surface area contributed by atoms with Crippen LogP contribution < -0.4 is 5.32 Å². The number of benzene rings is 1. The standard InChI is InChI=1S/C13H14BrN3/c14-11-12(9-5-2-1-3-6-9)16-17-13(11)10-7-4-8-15-10/h1-3,5-6,10,15H,4,7-8H2,(H,16,17). The van der Waals surface area contributed by atoms with Crippen molar-refractivity contribution in [2.24, 2.45) is 0 Å². The van der Waals surface area contributed by atoms with Gasteiger partial charge in [-0.05, 0) is 35.3 Å². The molecule has 17 heavy (non-hydrogen) atoms. The van der Waals surface area contributed by atoms with Crippen LogP contribution in [0.4, 0.5) is 0 Å². The van der Waals surface area contributed by atoms with Crippen LogP contribution in [0.1, 0.15) is 24.6 Å². The molecule has 3 rings (SSSR count). The Morgan fingerprint density at radius 1 is 1.24 bits per heavy atom. The predicted octanol–water partition coefficient (Wildman–Crippen LogP) is 3.26. The number of nitrogens with zero attached hydrogens (tertiary/aromatic N) is 1. The second-order valence-electron chi connectivity index (χ2n) is 4.31. The molecule has 3 nitrogen and oxygen atoms in total. The lowest BCUT2D eigenvalue weighted by atomic mass is 10.1. The zero-order valence-electron chi connectivity index (χ0n) is 9.41. The Labute approximate surface area is 109 Å². The van der Waals surface area contributed by atoms with E-state index < -0.39 is 0 Å². The van der Waals surface area contributed by atoms with Gasteiger partial charge in [0.25, 0.3) is 0 Å². The highest BCUT2D eigenvalue weighted by atomic mass is 79.9. The highest BCUT2D eigenvalue weighted by Crippen LogP contribution is 2.34. The van der Waals surface area contributed by atoms with Crippen molar-refractivity contribution in [3.05, 3.63) is 40.5 Å². The van der Waals surface area contributed by atoms with Gasteiger partial charge < -0.3 is 5.32 Å². The van der Waals surface area contributed by atoms with Crippen molar-refractivity contribution in [3.8, 4) is 11.3 Å². The SMILES string of the molecule is Brc1c(-c2ccccc2)n[nH]c1C1CCCN1. The molecule has 4 heteroatoms. The molecule has 0 saturated carbocycles. The lowest BCUT2D eigenvalue weighted by Gasteiger charge is -2.07. The monoisotopic (exact) mass is 291 g/mol. The molecule has 1 aromatic heterocycles. The van der Waals surface area contributed by atoms with Crippen molar-refractivity contribution in [2.45, 2.75) is 18.9 Å². The minimum atomic E-state index is 0.411. The molecule has 1 saturated heterocycles. The molecule has 1 atom stereocenters. The third-order valence-corrected chi connectivity index (χ3v) is 3.99. The topological polar surface area (TPSA) is 40.7 Å². The highest BCUT2D eigenvalue weighted by molar-refractivity contribution is 9.10. The van der Waals surface area contributed by atoms with Crippen molar-refractivity contribution < 1.29 is 0 Å².